The Labute approximate surface area is 139 Å². The standard InChI is InChI=1S/C17H20N2O3S/c1-3-21-14-8-7-12(9-15(14)22-4-2)16(20)19-17-18-13(10-23-17)11-5-6-11/h7-11H,3-6H2,1-2H3,(H,18,19,20). The maximum absolute atomic E-state index is 12.4. The molecule has 1 amide bonds. The molecule has 0 aliphatic heterocycles. The molecule has 1 fully saturated rings. The number of hydrogen-bond donors (Lipinski definition) is 1. The zero-order valence-corrected chi connectivity index (χ0v) is 14.1. The summed E-state index contributed by atoms with van der Waals surface area (Å²) in [5.41, 5.74) is 1.62. The van der Waals surface area contributed by atoms with Gasteiger partial charge in [-0.3, -0.25) is 10.1 Å². The normalized spacial score (nSPS) is 13.7. The third-order valence-corrected chi connectivity index (χ3v) is 4.32. The maximum Gasteiger partial charge on any atom is 0.257 e. The quantitative estimate of drug-likeness (QED) is 0.830. The smallest absolute Gasteiger partial charge is 0.257 e. The number of benzene rings is 1. The summed E-state index contributed by atoms with van der Waals surface area (Å²) in [4.78, 5) is 16.9. The first-order valence-electron chi connectivity index (χ1n) is 7.87. The van der Waals surface area contributed by atoms with Gasteiger partial charge in [-0.1, -0.05) is 0 Å². The molecule has 122 valence electrons. The van der Waals surface area contributed by atoms with Crippen molar-refractivity contribution in [2.24, 2.45) is 0 Å². The van der Waals surface area contributed by atoms with Gasteiger partial charge in [-0.15, -0.1) is 11.3 Å². The molecule has 0 unspecified atom stereocenters. The molecule has 0 spiro atoms. The van der Waals surface area contributed by atoms with Gasteiger partial charge in [-0.05, 0) is 44.9 Å². The van der Waals surface area contributed by atoms with Crippen molar-refractivity contribution in [3.8, 4) is 11.5 Å². The molecule has 1 aliphatic rings. The fourth-order valence-corrected chi connectivity index (χ4v) is 3.06. The van der Waals surface area contributed by atoms with Gasteiger partial charge in [-0.25, -0.2) is 4.98 Å². The Morgan fingerprint density at radius 1 is 1.26 bits per heavy atom. The summed E-state index contributed by atoms with van der Waals surface area (Å²) in [5.74, 6) is 1.63. The average molecular weight is 332 g/mol. The van der Waals surface area contributed by atoms with Crippen LogP contribution in [0.2, 0.25) is 0 Å². The number of anilines is 1. The zero-order chi connectivity index (χ0) is 16.2. The molecule has 0 radical (unpaired) electrons. The Morgan fingerprint density at radius 3 is 2.70 bits per heavy atom. The molecule has 1 N–H and O–H groups in total. The molecular weight excluding hydrogens is 312 g/mol. The number of rotatable bonds is 7. The van der Waals surface area contributed by atoms with Crippen LogP contribution in [0.5, 0.6) is 11.5 Å². The van der Waals surface area contributed by atoms with E-state index in [2.05, 4.69) is 10.3 Å². The summed E-state index contributed by atoms with van der Waals surface area (Å²) in [7, 11) is 0. The van der Waals surface area contributed by atoms with Crippen LogP contribution < -0.4 is 14.8 Å². The number of nitrogens with one attached hydrogen (secondary N) is 1. The van der Waals surface area contributed by atoms with E-state index in [1.165, 1.54) is 24.2 Å². The van der Waals surface area contributed by atoms with Gasteiger partial charge in [0.25, 0.3) is 5.91 Å². The number of ether oxygens (including phenoxy) is 2. The average Bonchev–Trinajstić information content (AvgIpc) is 3.29. The maximum atomic E-state index is 12.4. The molecule has 3 rings (SSSR count). The monoisotopic (exact) mass is 332 g/mol. The highest BCUT2D eigenvalue weighted by Gasteiger charge is 2.26. The third-order valence-electron chi connectivity index (χ3n) is 3.54. The number of hydrogen-bond acceptors (Lipinski definition) is 5. The second-order valence-corrected chi connectivity index (χ2v) is 6.19. The second kappa shape index (κ2) is 7.00. The van der Waals surface area contributed by atoms with Crippen molar-refractivity contribution in [2.75, 3.05) is 18.5 Å². The van der Waals surface area contributed by atoms with Crippen molar-refractivity contribution in [2.45, 2.75) is 32.6 Å². The predicted octanol–water partition coefficient (Wildman–Crippen LogP) is 4.07. The molecule has 5 nitrogen and oxygen atoms in total. The molecule has 1 saturated carbocycles. The Morgan fingerprint density at radius 2 is 2.00 bits per heavy atom. The molecule has 2 aromatic rings. The van der Waals surface area contributed by atoms with E-state index in [1.54, 1.807) is 18.2 Å². The summed E-state index contributed by atoms with van der Waals surface area (Å²) in [5, 5.41) is 5.52. The molecular formula is C17H20N2O3S. The Hall–Kier alpha value is -2.08. The molecule has 0 atom stereocenters. The molecule has 1 aromatic carbocycles. The van der Waals surface area contributed by atoms with Crippen LogP contribution in [0.3, 0.4) is 0 Å². The van der Waals surface area contributed by atoms with E-state index in [1.807, 2.05) is 19.2 Å². The summed E-state index contributed by atoms with van der Waals surface area (Å²) < 4.78 is 11.1. The largest absolute Gasteiger partial charge is 0.490 e. The van der Waals surface area contributed by atoms with Crippen LogP contribution in [0.1, 0.15) is 48.7 Å². The van der Waals surface area contributed by atoms with Crippen molar-refractivity contribution >= 4 is 22.4 Å². The van der Waals surface area contributed by atoms with Crippen LogP contribution >= 0.6 is 11.3 Å². The molecule has 23 heavy (non-hydrogen) atoms. The van der Waals surface area contributed by atoms with Crippen molar-refractivity contribution < 1.29 is 14.3 Å². The van der Waals surface area contributed by atoms with Crippen LogP contribution in [-0.2, 0) is 0 Å². The highest BCUT2D eigenvalue weighted by Crippen LogP contribution is 2.41. The minimum Gasteiger partial charge on any atom is -0.490 e. The van der Waals surface area contributed by atoms with Gasteiger partial charge in [0.2, 0.25) is 0 Å². The highest BCUT2D eigenvalue weighted by atomic mass is 32.1. The van der Waals surface area contributed by atoms with Crippen molar-refractivity contribution in [1.82, 2.24) is 4.98 Å². The number of carbonyl (C=O) groups excluding carboxylic acids is 1. The fraction of sp³-hybridized carbons (Fsp3) is 0.412. The molecule has 1 heterocycles. The van der Waals surface area contributed by atoms with Crippen LogP contribution in [0, 0.1) is 0 Å². The molecule has 1 aliphatic carbocycles. The minimum absolute atomic E-state index is 0.189. The van der Waals surface area contributed by atoms with Gasteiger partial charge in [0.1, 0.15) is 0 Å². The minimum atomic E-state index is -0.189. The molecule has 6 heteroatoms. The summed E-state index contributed by atoms with van der Waals surface area (Å²) >= 11 is 1.47. The first-order valence-corrected chi connectivity index (χ1v) is 8.75. The Balaban J connectivity index is 1.73. The lowest BCUT2D eigenvalue weighted by molar-refractivity contribution is 0.102. The van der Waals surface area contributed by atoms with Crippen molar-refractivity contribution in [3.05, 3.63) is 34.8 Å². The number of amides is 1. The highest BCUT2D eigenvalue weighted by molar-refractivity contribution is 7.14. The zero-order valence-electron chi connectivity index (χ0n) is 13.3. The van der Waals surface area contributed by atoms with E-state index in [9.17, 15) is 4.79 Å². The van der Waals surface area contributed by atoms with Crippen LogP contribution in [-0.4, -0.2) is 24.1 Å². The third kappa shape index (κ3) is 3.82. The van der Waals surface area contributed by atoms with Crippen molar-refractivity contribution in [1.29, 1.82) is 0 Å². The van der Waals surface area contributed by atoms with Gasteiger partial charge in [0.05, 0.1) is 18.9 Å². The number of aromatic nitrogens is 1. The molecule has 0 bridgehead atoms. The first-order chi connectivity index (χ1) is 11.2. The Bertz CT molecular complexity index is 695. The predicted molar refractivity (Wildman–Crippen MR) is 90.8 cm³/mol. The van der Waals surface area contributed by atoms with E-state index in [-0.39, 0.29) is 5.91 Å². The SMILES string of the molecule is CCOc1ccc(C(=O)Nc2nc(C3CC3)cs2)cc1OCC. The van der Waals surface area contributed by atoms with Crippen molar-refractivity contribution in [3.63, 3.8) is 0 Å². The van der Waals surface area contributed by atoms with Crippen LogP contribution in [0.4, 0.5) is 5.13 Å². The van der Waals surface area contributed by atoms with E-state index >= 15 is 0 Å². The fourth-order valence-electron chi connectivity index (χ4n) is 2.27. The van der Waals surface area contributed by atoms with Gasteiger partial charge >= 0.3 is 0 Å². The number of thiazole rings is 1. The van der Waals surface area contributed by atoms with Gasteiger partial charge in [0, 0.05) is 16.9 Å². The summed E-state index contributed by atoms with van der Waals surface area (Å²) in [6.07, 6.45) is 2.40. The Kier molecular flexibility index (Phi) is 4.81. The lowest BCUT2D eigenvalue weighted by Crippen LogP contribution is -2.12. The lowest BCUT2D eigenvalue weighted by atomic mass is 10.2. The second-order valence-electron chi connectivity index (χ2n) is 5.33. The van der Waals surface area contributed by atoms with Gasteiger partial charge < -0.3 is 9.47 Å². The van der Waals surface area contributed by atoms with E-state index < -0.39 is 0 Å². The number of nitrogens with zero attached hydrogens (tertiary/aromatic N) is 1. The van der Waals surface area contributed by atoms with Crippen LogP contribution in [0.25, 0.3) is 0 Å². The van der Waals surface area contributed by atoms with Crippen LogP contribution in [0.15, 0.2) is 23.6 Å². The lowest BCUT2D eigenvalue weighted by Gasteiger charge is -2.12. The summed E-state index contributed by atoms with van der Waals surface area (Å²) in [6.45, 7) is 4.88. The van der Waals surface area contributed by atoms with Gasteiger partial charge in [0.15, 0.2) is 16.6 Å². The van der Waals surface area contributed by atoms with E-state index in [0.717, 1.165) is 5.69 Å². The molecule has 0 saturated heterocycles. The first kappa shape index (κ1) is 15.8. The molecule has 1 aromatic heterocycles. The number of carbonyl (C=O) groups is 1. The summed E-state index contributed by atoms with van der Waals surface area (Å²) in [6, 6.07) is 5.21. The topological polar surface area (TPSA) is 60.5 Å². The van der Waals surface area contributed by atoms with Gasteiger partial charge in [-0.2, -0.15) is 0 Å². The van der Waals surface area contributed by atoms with E-state index in [4.69, 9.17) is 9.47 Å². The van der Waals surface area contributed by atoms with E-state index in [0.29, 0.717) is 41.3 Å².